The summed E-state index contributed by atoms with van der Waals surface area (Å²) in [6, 6.07) is 7.97. The Morgan fingerprint density at radius 2 is 1.92 bits per heavy atom. The number of carbonyl (C=O) groups excluding carboxylic acids is 1. The lowest BCUT2D eigenvalue weighted by molar-refractivity contribution is -0.148. The second kappa shape index (κ2) is 9.33. The van der Waals surface area contributed by atoms with Gasteiger partial charge < -0.3 is 25.1 Å². The van der Waals surface area contributed by atoms with Crippen molar-refractivity contribution in [2.45, 2.75) is 57.7 Å². The maximum Gasteiger partial charge on any atom is 0.225 e. The van der Waals surface area contributed by atoms with E-state index in [1.807, 2.05) is 41.5 Å². The van der Waals surface area contributed by atoms with Crippen molar-refractivity contribution < 1.29 is 14.3 Å². The summed E-state index contributed by atoms with van der Waals surface area (Å²) < 4.78 is 13.2. The molecule has 10 nitrogen and oxygen atoms in total. The molecule has 0 radical (unpaired) electrons. The van der Waals surface area contributed by atoms with Gasteiger partial charge >= 0.3 is 0 Å². The summed E-state index contributed by atoms with van der Waals surface area (Å²) in [7, 11) is 1.66. The second-order valence-electron chi connectivity index (χ2n) is 10.4. The monoisotopic (exact) mass is 503 g/mol. The zero-order valence-corrected chi connectivity index (χ0v) is 21.5. The molecule has 10 heteroatoms. The molecule has 1 aliphatic heterocycles. The van der Waals surface area contributed by atoms with Gasteiger partial charge in [-0.15, -0.1) is 0 Å². The number of H-pyrrole nitrogens is 1. The third-order valence-electron chi connectivity index (χ3n) is 7.75. The van der Waals surface area contributed by atoms with Crippen LogP contribution in [0.2, 0.25) is 0 Å². The molecular weight excluding hydrogens is 470 g/mol. The molecule has 37 heavy (non-hydrogen) atoms. The van der Waals surface area contributed by atoms with Crippen molar-refractivity contribution in [2.75, 3.05) is 25.9 Å². The number of fused-ring (bicyclic) bond motifs is 2. The Hall–Kier alpha value is -3.66. The molecule has 0 unspecified atom stereocenters. The van der Waals surface area contributed by atoms with Gasteiger partial charge in [-0.1, -0.05) is 12.1 Å². The molecular formula is C27H33N7O3. The normalized spacial score (nSPS) is 24.6. The SMILES string of the molecule is COc1cccc2cc(-c3nc(C4CCC(C(=O)N5C[C@@H](C)O[C@@H](C)C5)CC4)n4ncnc(N)c34)[nH]c12. The van der Waals surface area contributed by atoms with Crippen molar-refractivity contribution in [3.8, 4) is 17.1 Å². The van der Waals surface area contributed by atoms with Crippen LogP contribution in [-0.4, -0.2) is 67.8 Å². The molecule has 194 valence electrons. The van der Waals surface area contributed by atoms with Crippen molar-refractivity contribution in [2.24, 2.45) is 5.92 Å². The molecule has 2 atom stereocenters. The number of imidazole rings is 1. The number of aromatic nitrogens is 5. The van der Waals surface area contributed by atoms with Gasteiger partial charge in [0.25, 0.3) is 0 Å². The van der Waals surface area contributed by atoms with Crippen LogP contribution in [-0.2, 0) is 9.53 Å². The van der Waals surface area contributed by atoms with Crippen LogP contribution in [0.3, 0.4) is 0 Å². The number of ether oxygens (including phenoxy) is 2. The molecule has 0 spiro atoms. The van der Waals surface area contributed by atoms with Crippen molar-refractivity contribution >= 4 is 28.1 Å². The summed E-state index contributed by atoms with van der Waals surface area (Å²) >= 11 is 0. The van der Waals surface area contributed by atoms with Crippen LogP contribution in [0.4, 0.5) is 5.82 Å². The summed E-state index contributed by atoms with van der Waals surface area (Å²) in [5.41, 5.74) is 9.50. The van der Waals surface area contributed by atoms with E-state index in [2.05, 4.69) is 21.1 Å². The molecule has 1 aromatic carbocycles. The fourth-order valence-corrected chi connectivity index (χ4v) is 6.07. The molecule has 0 bridgehead atoms. The number of nitrogens with one attached hydrogen (secondary N) is 1. The maximum absolute atomic E-state index is 13.3. The molecule has 2 fully saturated rings. The number of nitrogens with two attached hydrogens (primary N) is 1. The number of aromatic amines is 1. The minimum absolute atomic E-state index is 0.0420. The van der Waals surface area contributed by atoms with Gasteiger partial charge in [-0.2, -0.15) is 5.10 Å². The smallest absolute Gasteiger partial charge is 0.225 e. The fraction of sp³-hybridized carbons (Fsp3) is 0.481. The van der Waals surface area contributed by atoms with Gasteiger partial charge in [0.15, 0.2) is 5.82 Å². The minimum Gasteiger partial charge on any atom is -0.495 e. The van der Waals surface area contributed by atoms with E-state index in [9.17, 15) is 4.79 Å². The molecule has 6 rings (SSSR count). The van der Waals surface area contributed by atoms with Crippen molar-refractivity contribution in [3.05, 3.63) is 36.4 Å². The number of hydrogen-bond donors (Lipinski definition) is 2. The first-order valence-corrected chi connectivity index (χ1v) is 13.0. The highest BCUT2D eigenvalue weighted by Crippen LogP contribution is 2.39. The Kier molecular flexibility index (Phi) is 5.98. The molecule has 1 amide bonds. The lowest BCUT2D eigenvalue weighted by atomic mass is 9.81. The van der Waals surface area contributed by atoms with Gasteiger partial charge in [0.05, 0.1) is 30.5 Å². The number of methoxy groups -OCH3 is 1. The predicted octanol–water partition coefficient (Wildman–Crippen LogP) is 3.77. The highest BCUT2D eigenvalue weighted by molar-refractivity contribution is 5.93. The number of morpholine rings is 1. The highest BCUT2D eigenvalue weighted by Gasteiger charge is 2.35. The van der Waals surface area contributed by atoms with Crippen molar-refractivity contribution in [1.82, 2.24) is 29.5 Å². The molecule has 3 aromatic heterocycles. The quantitative estimate of drug-likeness (QED) is 0.434. The molecule has 1 aliphatic carbocycles. The van der Waals surface area contributed by atoms with Crippen LogP contribution < -0.4 is 10.5 Å². The van der Waals surface area contributed by atoms with Crippen LogP contribution in [0.15, 0.2) is 30.6 Å². The number of benzene rings is 1. The zero-order valence-electron chi connectivity index (χ0n) is 21.5. The van der Waals surface area contributed by atoms with Gasteiger partial charge in [-0.25, -0.2) is 14.5 Å². The summed E-state index contributed by atoms with van der Waals surface area (Å²) in [6.45, 7) is 5.40. The lowest BCUT2D eigenvalue weighted by Crippen LogP contribution is -2.50. The van der Waals surface area contributed by atoms with E-state index >= 15 is 0 Å². The van der Waals surface area contributed by atoms with Crippen LogP contribution in [0.5, 0.6) is 5.75 Å². The third kappa shape index (κ3) is 4.19. The number of hydrogen-bond acceptors (Lipinski definition) is 7. The first kappa shape index (κ1) is 23.7. The Balaban J connectivity index is 1.28. The predicted molar refractivity (Wildman–Crippen MR) is 140 cm³/mol. The number of carbonyl (C=O) groups is 1. The first-order chi connectivity index (χ1) is 17.9. The average Bonchev–Trinajstić information content (AvgIpc) is 3.50. The van der Waals surface area contributed by atoms with Crippen LogP contribution >= 0.6 is 0 Å². The second-order valence-corrected chi connectivity index (χ2v) is 10.4. The number of rotatable bonds is 4. The average molecular weight is 504 g/mol. The third-order valence-corrected chi connectivity index (χ3v) is 7.75. The standard InChI is InChI=1S/C27H33N7O3/c1-15-12-33(13-16(2)37-15)27(35)18-9-7-17(8-10-18)26-32-23(24-25(28)29-14-30-34(24)26)20-11-19-5-4-6-21(36-3)22(19)31-20/h4-6,11,14-18,31H,7-10,12-13H2,1-3H3,(H2,28,29,30)/t15-,16+,17?,18?. The van der Waals surface area contributed by atoms with Gasteiger partial charge in [0.1, 0.15) is 29.1 Å². The molecule has 3 N–H and O–H groups in total. The van der Waals surface area contributed by atoms with E-state index in [0.717, 1.165) is 59.5 Å². The summed E-state index contributed by atoms with van der Waals surface area (Å²) in [5, 5.41) is 5.56. The largest absolute Gasteiger partial charge is 0.495 e. The van der Waals surface area contributed by atoms with Gasteiger partial charge in [-0.3, -0.25) is 4.79 Å². The van der Waals surface area contributed by atoms with E-state index in [0.29, 0.717) is 24.4 Å². The van der Waals surface area contributed by atoms with E-state index < -0.39 is 0 Å². The Morgan fingerprint density at radius 1 is 1.16 bits per heavy atom. The number of para-hydroxylation sites is 1. The summed E-state index contributed by atoms with van der Waals surface area (Å²) in [6.07, 6.45) is 5.03. The molecule has 2 aliphatic rings. The first-order valence-electron chi connectivity index (χ1n) is 13.0. The number of nitrogen functional groups attached to an aromatic ring is 1. The van der Waals surface area contributed by atoms with E-state index in [1.54, 1.807) is 7.11 Å². The van der Waals surface area contributed by atoms with Crippen LogP contribution in [0, 0.1) is 5.92 Å². The van der Waals surface area contributed by atoms with Crippen molar-refractivity contribution in [1.29, 1.82) is 0 Å². The maximum atomic E-state index is 13.3. The van der Waals surface area contributed by atoms with E-state index in [4.69, 9.17) is 20.2 Å². The number of amides is 1. The number of nitrogens with zero attached hydrogens (tertiary/aromatic N) is 5. The highest BCUT2D eigenvalue weighted by atomic mass is 16.5. The molecule has 1 saturated carbocycles. The van der Waals surface area contributed by atoms with Gasteiger partial charge in [-0.05, 0) is 51.7 Å². The van der Waals surface area contributed by atoms with E-state index in [1.165, 1.54) is 6.33 Å². The summed E-state index contributed by atoms with van der Waals surface area (Å²) in [5.74, 6) is 2.50. The van der Waals surface area contributed by atoms with Crippen molar-refractivity contribution in [3.63, 3.8) is 0 Å². The topological polar surface area (TPSA) is 124 Å². The molecule has 4 aromatic rings. The molecule has 4 heterocycles. The van der Waals surface area contributed by atoms with Crippen LogP contribution in [0.1, 0.15) is 51.3 Å². The van der Waals surface area contributed by atoms with Gasteiger partial charge in [0, 0.05) is 30.3 Å². The lowest BCUT2D eigenvalue weighted by Gasteiger charge is -2.38. The minimum atomic E-state index is 0.0420. The zero-order chi connectivity index (χ0) is 25.7. The Bertz CT molecular complexity index is 1440. The van der Waals surface area contributed by atoms with Gasteiger partial charge in [0.2, 0.25) is 5.91 Å². The Labute approximate surface area is 215 Å². The van der Waals surface area contributed by atoms with E-state index in [-0.39, 0.29) is 30.0 Å². The fourth-order valence-electron chi connectivity index (χ4n) is 6.07. The Morgan fingerprint density at radius 3 is 2.65 bits per heavy atom. The number of anilines is 1. The molecule has 1 saturated heterocycles. The summed E-state index contributed by atoms with van der Waals surface area (Å²) in [4.78, 5) is 28.0. The van der Waals surface area contributed by atoms with Crippen LogP contribution in [0.25, 0.3) is 27.8 Å².